The number of nitrogens with zero attached hydrogens (tertiary/aromatic N) is 2. The van der Waals surface area contributed by atoms with Crippen molar-refractivity contribution in [1.29, 1.82) is 0 Å². The number of halogens is 2. The summed E-state index contributed by atoms with van der Waals surface area (Å²) in [5, 5.41) is 2.53. The van der Waals surface area contributed by atoms with Gasteiger partial charge >= 0.3 is 0 Å². The van der Waals surface area contributed by atoms with Crippen LogP contribution in [0.5, 0.6) is 23.5 Å². The summed E-state index contributed by atoms with van der Waals surface area (Å²) in [6, 6.07) is 8.89. The second-order valence-corrected chi connectivity index (χ2v) is 8.65. The standard InChI is InChI=1S/C21H21BrClN3O5/c1-21(2,3)11-6-7-12(22)14(10-11)31-15-9-8-13(30-15)17(27)24-16-18(28-4)25-20(23)26-19(16)29-5/h6-10H,1-5H3,(H,24,27). The van der Waals surface area contributed by atoms with Gasteiger partial charge in [0.1, 0.15) is 5.75 Å². The molecule has 0 fully saturated rings. The van der Waals surface area contributed by atoms with E-state index in [1.165, 1.54) is 20.3 Å². The minimum absolute atomic E-state index is 0.0113. The molecule has 0 saturated carbocycles. The van der Waals surface area contributed by atoms with Gasteiger partial charge in [-0.05, 0) is 56.7 Å². The summed E-state index contributed by atoms with van der Waals surface area (Å²) in [5.41, 5.74) is 1.17. The fourth-order valence-corrected chi connectivity index (χ4v) is 3.11. The molecule has 3 rings (SSSR count). The first-order valence-corrected chi connectivity index (χ1v) is 10.3. The molecule has 1 N–H and O–H groups in total. The maximum absolute atomic E-state index is 12.7. The van der Waals surface area contributed by atoms with Crippen molar-refractivity contribution in [2.45, 2.75) is 26.2 Å². The van der Waals surface area contributed by atoms with Gasteiger partial charge in [-0.25, -0.2) is 0 Å². The van der Waals surface area contributed by atoms with E-state index in [9.17, 15) is 4.79 Å². The van der Waals surface area contributed by atoms with Crippen molar-refractivity contribution in [2.75, 3.05) is 19.5 Å². The first-order chi connectivity index (χ1) is 14.6. The summed E-state index contributed by atoms with van der Waals surface area (Å²) in [6.07, 6.45) is 0. The van der Waals surface area contributed by atoms with Crippen molar-refractivity contribution >= 4 is 39.1 Å². The second-order valence-electron chi connectivity index (χ2n) is 7.46. The van der Waals surface area contributed by atoms with Crippen LogP contribution in [0, 0.1) is 0 Å². The summed E-state index contributed by atoms with van der Waals surface area (Å²) in [7, 11) is 2.77. The molecule has 0 unspecified atom stereocenters. The van der Waals surface area contributed by atoms with Gasteiger partial charge in [-0.2, -0.15) is 9.97 Å². The molecule has 0 aliphatic carbocycles. The van der Waals surface area contributed by atoms with E-state index in [0.717, 1.165) is 10.0 Å². The van der Waals surface area contributed by atoms with Crippen LogP contribution in [-0.2, 0) is 5.41 Å². The number of amides is 1. The summed E-state index contributed by atoms with van der Waals surface area (Å²) in [5.74, 6) is 0.274. The van der Waals surface area contributed by atoms with Crippen molar-refractivity contribution in [3.8, 4) is 23.5 Å². The van der Waals surface area contributed by atoms with Crippen LogP contribution in [0.4, 0.5) is 5.69 Å². The zero-order valence-electron chi connectivity index (χ0n) is 17.6. The summed E-state index contributed by atoms with van der Waals surface area (Å²) < 4.78 is 22.5. The molecule has 1 amide bonds. The Kier molecular flexibility index (Phi) is 6.76. The molecule has 0 saturated heterocycles. The predicted octanol–water partition coefficient (Wildman–Crippen LogP) is 5.84. The van der Waals surface area contributed by atoms with Crippen molar-refractivity contribution in [2.24, 2.45) is 0 Å². The smallest absolute Gasteiger partial charge is 0.291 e. The van der Waals surface area contributed by atoms with E-state index in [1.807, 2.05) is 18.2 Å². The van der Waals surface area contributed by atoms with E-state index in [0.29, 0.717) is 5.75 Å². The van der Waals surface area contributed by atoms with E-state index in [-0.39, 0.29) is 39.9 Å². The van der Waals surface area contributed by atoms with Gasteiger partial charge in [-0.3, -0.25) is 4.79 Å². The highest BCUT2D eigenvalue weighted by molar-refractivity contribution is 9.10. The topological polar surface area (TPSA) is 95.7 Å². The summed E-state index contributed by atoms with van der Waals surface area (Å²) >= 11 is 9.31. The van der Waals surface area contributed by atoms with Gasteiger partial charge in [0.05, 0.1) is 18.7 Å². The Labute approximate surface area is 193 Å². The first kappa shape index (κ1) is 22.9. The van der Waals surface area contributed by atoms with Crippen LogP contribution in [0.2, 0.25) is 5.28 Å². The van der Waals surface area contributed by atoms with Gasteiger partial charge in [0.25, 0.3) is 11.9 Å². The van der Waals surface area contributed by atoms with Crippen LogP contribution in [0.1, 0.15) is 36.9 Å². The number of carbonyl (C=O) groups is 1. The fourth-order valence-electron chi connectivity index (χ4n) is 2.63. The maximum atomic E-state index is 12.7. The lowest BCUT2D eigenvalue weighted by atomic mass is 9.87. The minimum atomic E-state index is -0.570. The molecule has 0 atom stereocenters. The number of benzene rings is 1. The number of aromatic nitrogens is 2. The van der Waals surface area contributed by atoms with Crippen molar-refractivity contribution < 1.29 is 23.4 Å². The SMILES string of the molecule is COc1nc(Cl)nc(OC)c1NC(=O)c1ccc(Oc2cc(C(C)(C)C)ccc2Br)o1. The number of methoxy groups -OCH3 is 2. The molecule has 164 valence electrons. The van der Waals surface area contributed by atoms with E-state index >= 15 is 0 Å². The summed E-state index contributed by atoms with van der Waals surface area (Å²) in [6.45, 7) is 6.33. The lowest BCUT2D eigenvalue weighted by molar-refractivity contribution is 0.0990. The quantitative estimate of drug-likeness (QED) is 0.416. The number of rotatable bonds is 6. The van der Waals surface area contributed by atoms with E-state index < -0.39 is 5.91 Å². The molecular formula is C21H21BrClN3O5. The van der Waals surface area contributed by atoms with Crippen molar-refractivity contribution in [3.63, 3.8) is 0 Å². The number of hydrogen-bond donors (Lipinski definition) is 1. The van der Waals surface area contributed by atoms with Crippen molar-refractivity contribution in [1.82, 2.24) is 9.97 Å². The molecule has 2 aromatic heterocycles. The van der Waals surface area contributed by atoms with Gasteiger partial charge in [0.15, 0.2) is 11.4 Å². The monoisotopic (exact) mass is 509 g/mol. The summed E-state index contributed by atoms with van der Waals surface area (Å²) in [4.78, 5) is 20.5. The Morgan fingerprint density at radius 1 is 1.10 bits per heavy atom. The van der Waals surface area contributed by atoms with Crippen molar-refractivity contribution in [3.05, 3.63) is 51.4 Å². The Balaban J connectivity index is 1.82. The first-order valence-electron chi connectivity index (χ1n) is 9.17. The molecule has 0 aliphatic rings. The van der Waals surface area contributed by atoms with Crippen LogP contribution in [0.15, 0.2) is 39.2 Å². The minimum Gasteiger partial charge on any atom is -0.479 e. The number of anilines is 1. The average Bonchev–Trinajstić information content (AvgIpc) is 3.18. The Hall–Kier alpha value is -2.78. The van der Waals surface area contributed by atoms with Crippen LogP contribution in [-0.4, -0.2) is 30.1 Å². The average molecular weight is 511 g/mol. The highest BCUT2D eigenvalue weighted by atomic mass is 79.9. The fraction of sp³-hybridized carbons (Fsp3) is 0.286. The lowest BCUT2D eigenvalue weighted by Crippen LogP contribution is -2.14. The third kappa shape index (κ3) is 5.29. The zero-order chi connectivity index (χ0) is 22.8. The molecule has 8 nitrogen and oxygen atoms in total. The van der Waals surface area contributed by atoms with Gasteiger partial charge < -0.3 is 23.9 Å². The molecule has 3 aromatic rings. The molecule has 0 spiro atoms. The Morgan fingerprint density at radius 3 is 2.32 bits per heavy atom. The number of hydrogen-bond acceptors (Lipinski definition) is 7. The van der Waals surface area contributed by atoms with Gasteiger partial charge in [0, 0.05) is 6.07 Å². The number of carbonyl (C=O) groups excluding carboxylic acids is 1. The molecule has 31 heavy (non-hydrogen) atoms. The number of nitrogens with one attached hydrogen (secondary N) is 1. The number of ether oxygens (including phenoxy) is 3. The lowest BCUT2D eigenvalue weighted by Gasteiger charge is -2.20. The normalized spacial score (nSPS) is 11.2. The van der Waals surface area contributed by atoms with Gasteiger partial charge in [-0.1, -0.05) is 26.8 Å². The Bertz CT molecular complexity index is 1090. The molecule has 1 aromatic carbocycles. The third-order valence-corrected chi connectivity index (χ3v) is 5.08. The molecule has 2 heterocycles. The van der Waals surface area contributed by atoms with Crippen LogP contribution >= 0.6 is 27.5 Å². The largest absolute Gasteiger partial charge is 0.479 e. The number of furan rings is 1. The van der Waals surface area contributed by atoms with Crippen LogP contribution < -0.4 is 19.5 Å². The molecule has 10 heteroatoms. The second kappa shape index (κ2) is 9.15. The molecular weight excluding hydrogens is 490 g/mol. The maximum Gasteiger partial charge on any atom is 0.291 e. The van der Waals surface area contributed by atoms with Crippen LogP contribution in [0.3, 0.4) is 0 Å². The Morgan fingerprint density at radius 2 is 1.74 bits per heavy atom. The van der Waals surface area contributed by atoms with E-state index in [2.05, 4.69) is 52.0 Å². The van der Waals surface area contributed by atoms with E-state index in [4.69, 9.17) is 30.2 Å². The molecule has 0 aliphatic heterocycles. The van der Waals surface area contributed by atoms with Gasteiger partial charge in [-0.15, -0.1) is 0 Å². The highest BCUT2D eigenvalue weighted by Crippen LogP contribution is 2.36. The zero-order valence-corrected chi connectivity index (χ0v) is 19.9. The molecule has 0 radical (unpaired) electrons. The predicted molar refractivity (Wildman–Crippen MR) is 120 cm³/mol. The molecule has 0 bridgehead atoms. The van der Waals surface area contributed by atoms with E-state index in [1.54, 1.807) is 6.07 Å². The highest BCUT2D eigenvalue weighted by Gasteiger charge is 2.22. The van der Waals surface area contributed by atoms with Crippen LogP contribution in [0.25, 0.3) is 0 Å². The third-order valence-electron chi connectivity index (χ3n) is 4.25. The van der Waals surface area contributed by atoms with Gasteiger partial charge in [0.2, 0.25) is 17.0 Å².